The van der Waals surface area contributed by atoms with E-state index in [0.29, 0.717) is 6.54 Å². The molecule has 4 heteroatoms. The van der Waals surface area contributed by atoms with Crippen LogP contribution < -0.4 is 10.6 Å². The molecule has 1 fully saturated rings. The Bertz CT molecular complexity index is 128. The number of rotatable bonds is 3. The quantitative estimate of drug-likeness (QED) is 0.638. The summed E-state index contributed by atoms with van der Waals surface area (Å²) in [5, 5.41) is 5.80. The van der Waals surface area contributed by atoms with Gasteiger partial charge in [0.05, 0.1) is 6.54 Å². The molecule has 2 nitrogen and oxygen atoms in total. The third-order valence-electron chi connectivity index (χ3n) is 1.84. The van der Waals surface area contributed by atoms with E-state index in [0.717, 1.165) is 6.54 Å². The van der Waals surface area contributed by atoms with Gasteiger partial charge < -0.3 is 10.6 Å². The van der Waals surface area contributed by atoms with Crippen molar-refractivity contribution in [2.45, 2.75) is 25.3 Å². The van der Waals surface area contributed by atoms with Crippen LogP contribution in [0.25, 0.3) is 0 Å². The molecule has 0 spiro atoms. The smallest absolute Gasteiger partial charge is 0.261 e. The number of nitrogens with one attached hydrogen (secondary N) is 2. The molecule has 0 aromatic carbocycles. The topological polar surface area (TPSA) is 24.1 Å². The first-order valence-electron chi connectivity index (χ1n) is 3.96. The van der Waals surface area contributed by atoms with Crippen LogP contribution in [-0.2, 0) is 0 Å². The van der Waals surface area contributed by atoms with Crippen LogP contribution in [0.1, 0.15) is 13.3 Å². The number of hydrogen-bond donors (Lipinski definition) is 2. The normalized spacial score (nSPS) is 29.2. The molecule has 66 valence electrons. The molecule has 1 atom stereocenters. The molecule has 0 aromatic rings. The van der Waals surface area contributed by atoms with Crippen LogP contribution in [0.4, 0.5) is 8.78 Å². The number of hydrogen-bond acceptors (Lipinski definition) is 2. The maximum Gasteiger partial charge on any atom is 0.261 e. The van der Waals surface area contributed by atoms with E-state index in [1.165, 1.54) is 0 Å². The van der Waals surface area contributed by atoms with Crippen molar-refractivity contribution in [3.05, 3.63) is 0 Å². The van der Waals surface area contributed by atoms with E-state index in [1.807, 2.05) is 6.92 Å². The zero-order valence-electron chi connectivity index (χ0n) is 6.66. The van der Waals surface area contributed by atoms with Crippen molar-refractivity contribution in [3.63, 3.8) is 0 Å². The molecule has 0 saturated carbocycles. The second-order valence-corrected chi connectivity index (χ2v) is 2.95. The third kappa shape index (κ3) is 2.71. The molecule has 1 aliphatic heterocycles. The fourth-order valence-corrected chi connectivity index (χ4v) is 1.26. The fourth-order valence-electron chi connectivity index (χ4n) is 1.26. The van der Waals surface area contributed by atoms with Gasteiger partial charge in [-0.05, 0) is 6.54 Å². The zero-order valence-corrected chi connectivity index (χ0v) is 6.66. The monoisotopic (exact) mass is 164 g/mol. The molecular formula is C7H14F2N2. The standard InChI is InChI=1S/C7H14F2N2/c1-2-10-4-6-3-7(8,9)5-11-6/h6,10-11H,2-5H2,1H3. The van der Waals surface area contributed by atoms with Gasteiger partial charge in [-0.3, -0.25) is 0 Å². The minimum absolute atomic E-state index is 0.0278. The van der Waals surface area contributed by atoms with Gasteiger partial charge in [0.2, 0.25) is 0 Å². The lowest BCUT2D eigenvalue weighted by Crippen LogP contribution is -2.33. The highest BCUT2D eigenvalue weighted by molar-refractivity contribution is 4.87. The molecule has 0 aromatic heterocycles. The fraction of sp³-hybridized carbons (Fsp3) is 1.00. The van der Waals surface area contributed by atoms with Gasteiger partial charge >= 0.3 is 0 Å². The molecule has 0 amide bonds. The lowest BCUT2D eigenvalue weighted by atomic mass is 10.2. The van der Waals surface area contributed by atoms with Gasteiger partial charge in [0.25, 0.3) is 5.92 Å². The van der Waals surface area contributed by atoms with Gasteiger partial charge in [-0.2, -0.15) is 0 Å². The Morgan fingerprint density at radius 1 is 1.64 bits per heavy atom. The summed E-state index contributed by atoms with van der Waals surface area (Å²) >= 11 is 0. The second kappa shape index (κ2) is 3.45. The van der Waals surface area contributed by atoms with E-state index in [2.05, 4.69) is 10.6 Å². The molecule has 2 N–H and O–H groups in total. The highest BCUT2D eigenvalue weighted by atomic mass is 19.3. The minimum atomic E-state index is -2.49. The molecule has 0 aliphatic carbocycles. The van der Waals surface area contributed by atoms with Gasteiger partial charge in [-0.15, -0.1) is 0 Å². The summed E-state index contributed by atoms with van der Waals surface area (Å²) < 4.78 is 25.1. The second-order valence-electron chi connectivity index (χ2n) is 2.95. The van der Waals surface area contributed by atoms with Crippen molar-refractivity contribution in [2.24, 2.45) is 0 Å². The molecule has 1 unspecified atom stereocenters. The van der Waals surface area contributed by atoms with E-state index in [1.54, 1.807) is 0 Å². The Morgan fingerprint density at radius 2 is 2.36 bits per heavy atom. The SMILES string of the molecule is CCNCC1CC(F)(F)CN1. The molecule has 1 saturated heterocycles. The Hall–Kier alpha value is -0.220. The van der Waals surface area contributed by atoms with Gasteiger partial charge in [-0.25, -0.2) is 8.78 Å². The molecule has 1 heterocycles. The van der Waals surface area contributed by atoms with Gasteiger partial charge in [0.1, 0.15) is 0 Å². The average Bonchev–Trinajstić information content (AvgIpc) is 2.26. The maximum absolute atomic E-state index is 12.5. The summed E-state index contributed by atoms with van der Waals surface area (Å²) in [6, 6.07) is -0.0510. The van der Waals surface area contributed by atoms with Crippen LogP contribution in [0, 0.1) is 0 Å². The first kappa shape index (κ1) is 8.87. The van der Waals surface area contributed by atoms with Gasteiger partial charge in [0, 0.05) is 19.0 Å². The molecule has 1 aliphatic rings. The van der Waals surface area contributed by atoms with Crippen molar-refractivity contribution in [3.8, 4) is 0 Å². The summed E-state index contributed by atoms with van der Waals surface area (Å²) in [4.78, 5) is 0. The summed E-state index contributed by atoms with van der Waals surface area (Å²) in [6.07, 6.45) is -0.0278. The average molecular weight is 164 g/mol. The summed E-state index contributed by atoms with van der Waals surface area (Å²) in [7, 11) is 0. The predicted molar refractivity (Wildman–Crippen MR) is 39.9 cm³/mol. The Morgan fingerprint density at radius 3 is 2.82 bits per heavy atom. The lowest BCUT2D eigenvalue weighted by Gasteiger charge is -2.09. The van der Waals surface area contributed by atoms with Crippen LogP contribution >= 0.6 is 0 Å². The van der Waals surface area contributed by atoms with Gasteiger partial charge in [-0.1, -0.05) is 6.92 Å². The minimum Gasteiger partial charge on any atom is -0.315 e. The summed E-state index contributed by atoms with van der Waals surface area (Å²) in [5.74, 6) is -2.49. The highest BCUT2D eigenvalue weighted by Crippen LogP contribution is 2.24. The zero-order chi connectivity index (χ0) is 8.32. The van der Waals surface area contributed by atoms with E-state index < -0.39 is 5.92 Å². The van der Waals surface area contributed by atoms with Crippen LogP contribution in [0.5, 0.6) is 0 Å². The van der Waals surface area contributed by atoms with E-state index >= 15 is 0 Å². The first-order valence-corrected chi connectivity index (χ1v) is 3.96. The summed E-state index contributed by atoms with van der Waals surface area (Å²) in [6.45, 7) is 3.28. The van der Waals surface area contributed by atoms with Crippen molar-refractivity contribution in [1.82, 2.24) is 10.6 Å². The highest BCUT2D eigenvalue weighted by Gasteiger charge is 2.38. The van der Waals surface area contributed by atoms with Crippen LogP contribution in [0.3, 0.4) is 0 Å². The number of alkyl halides is 2. The predicted octanol–water partition coefficient (Wildman–Crippen LogP) is 0.593. The Balaban J connectivity index is 2.20. The molecule has 0 bridgehead atoms. The van der Waals surface area contributed by atoms with Crippen molar-refractivity contribution in [2.75, 3.05) is 19.6 Å². The van der Waals surface area contributed by atoms with E-state index in [4.69, 9.17) is 0 Å². The van der Waals surface area contributed by atoms with Gasteiger partial charge in [0.15, 0.2) is 0 Å². The lowest BCUT2D eigenvalue weighted by molar-refractivity contribution is 0.0211. The molecular weight excluding hydrogens is 150 g/mol. The first-order chi connectivity index (χ1) is 5.14. The molecule has 11 heavy (non-hydrogen) atoms. The number of likely N-dealkylation sites (N-methyl/N-ethyl adjacent to an activating group) is 1. The van der Waals surface area contributed by atoms with E-state index in [-0.39, 0.29) is 19.0 Å². The maximum atomic E-state index is 12.5. The number of halogens is 2. The molecule has 1 rings (SSSR count). The van der Waals surface area contributed by atoms with E-state index in [9.17, 15) is 8.78 Å². The molecule has 0 radical (unpaired) electrons. The largest absolute Gasteiger partial charge is 0.315 e. The van der Waals surface area contributed by atoms with Crippen molar-refractivity contribution < 1.29 is 8.78 Å². The Kier molecular flexibility index (Phi) is 2.78. The van der Waals surface area contributed by atoms with Crippen LogP contribution in [0.2, 0.25) is 0 Å². The van der Waals surface area contributed by atoms with Crippen molar-refractivity contribution >= 4 is 0 Å². The van der Waals surface area contributed by atoms with Crippen LogP contribution in [0.15, 0.2) is 0 Å². The van der Waals surface area contributed by atoms with Crippen LogP contribution in [-0.4, -0.2) is 31.6 Å². The summed E-state index contributed by atoms with van der Waals surface area (Å²) in [5.41, 5.74) is 0. The Labute approximate surface area is 65.4 Å². The third-order valence-corrected chi connectivity index (χ3v) is 1.84. The van der Waals surface area contributed by atoms with Crippen molar-refractivity contribution in [1.29, 1.82) is 0 Å².